The van der Waals surface area contributed by atoms with Gasteiger partial charge in [-0.05, 0) is 18.2 Å². The first-order valence-corrected chi connectivity index (χ1v) is 5.02. The van der Waals surface area contributed by atoms with Crippen LogP contribution >= 0.6 is 11.8 Å². The molecule has 0 fully saturated rings. The Balaban J connectivity index is 2.16. The van der Waals surface area contributed by atoms with Crippen LogP contribution in [0.1, 0.15) is 12.1 Å². The van der Waals surface area contributed by atoms with Crippen molar-refractivity contribution in [1.29, 1.82) is 0 Å². The second-order valence-corrected chi connectivity index (χ2v) is 3.44. The van der Waals surface area contributed by atoms with Crippen molar-refractivity contribution in [3.63, 3.8) is 0 Å². The van der Waals surface area contributed by atoms with Gasteiger partial charge in [-0.1, -0.05) is 0 Å². The molecule has 0 radical (unpaired) electrons. The molecular formula is C8H12N2OS. The maximum Gasteiger partial charge on any atom is 0.115 e. The lowest BCUT2D eigenvalue weighted by molar-refractivity contribution is 0.296. The number of nitrogens with zero attached hydrogens (tertiary/aromatic N) is 2. The minimum absolute atomic E-state index is 0.275. The van der Waals surface area contributed by atoms with Crippen molar-refractivity contribution in [3.8, 4) is 0 Å². The summed E-state index contributed by atoms with van der Waals surface area (Å²) in [5.74, 6) is 1.89. The number of hydrogen-bond donors (Lipinski definition) is 1. The third kappa shape index (κ3) is 3.69. The maximum absolute atomic E-state index is 8.52. The first-order chi connectivity index (χ1) is 5.93. The van der Waals surface area contributed by atoms with E-state index in [4.69, 9.17) is 5.11 Å². The van der Waals surface area contributed by atoms with Gasteiger partial charge in [0.25, 0.3) is 0 Å². The van der Waals surface area contributed by atoms with E-state index in [-0.39, 0.29) is 6.61 Å². The van der Waals surface area contributed by atoms with Crippen LogP contribution < -0.4 is 0 Å². The molecule has 0 aliphatic carbocycles. The molecule has 0 bridgehead atoms. The average Bonchev–Trinajstić information content (AvgIpc) is 2.14. The molecule has 0 spiro atoms. The van der Waals surface area contributed by atoms with Gasteiger partial charge in [0.05, 0.1) is 5.69 Å². The Morgan fingerprint density at radius 3 is 3.08 bits per heavy atom. The van der Waals surface area contributed by atoms with E-state index in [9.17, 15) is 0 Å². The lowest BCUT2D eigenvalue weighted by Crippen LogP contribution is -1.90. The van der Waals surface area contributed by atoms with E-state index < -0.39 is 0 Å². The van der Waals surface area contributed by atoms with E-state index in [2.05, 4.69) is 9.97 Å². The molecule has 0 atom stereocenters. The molecule has 0 amide bonds. The van der Waals surface area contributed by atoms with Gasteiger partial charge in [0.15, 0.2) is 0 Å². The second-order valence-electron chi connectivity index (χ2n) is 2.33. The van der Waals surface area contributed by atoms with Crippen LogP contribution in [0.5, 0.6) is 0 Å². The van der Waals surface area contributed by atoms with Gasteiger partial charge in [-0.3, -0.25) is 0 Å². The molecule has 0 aromatic carbocycles. The van der Waals surface area contributed by atoms with Crippen LogP contribution in [0.25, 0.3) is 0 Å². The Morgan fingerprint density at radius 1 is 1.50 bits per heavy atom. The van der Waals surface area contributed by atoms with Crippen LogP contribution in [0.3, 0.4) is 0 Å². The number of rotatable bonds is 5. The fraction of sp³-hybridized carbons (Fsp3) is 0.500. The summed E-state index contributed by atoms with van der Waals surface area (Å²) < 4.78 is 0. The summed E-state index contributed by atoms with van der Waals surface area (Å²) in [5, 5.41) is 8.52. The van der Waals surface area contributed by atoms with Crippen LogP contribution in [-0.4, -0.2) is 27.4 Å². The van der Waals surface area contributed by atoms with E-state index in [1.165, 1.54) is 0 Å². The molecule has 1 aromatic heterocycles. The molecule has 0 aliphatic heterocycles. The van der Waals surface area contributed by atoms with Crippen molar-refractivity contribution in [2.24, 2.45) is 0 Å². The van der Waals surface area contributed by atoms with Crippen LogP contribution in [-0.2, 0) is 5.75 Å². The molecular weight excluding hydrogens is 172 g/mol. The Hall–Kier alpha value is -0.610. The molecule has 0 saturated heterocycles. The quantitative estimate of drug-likeness (QED) is 0.696. The number of aromatic nitrogens is 2. The average molecular weight is 184 g/mol. The van der Waals surface area contributed by atoms with Gasteiger partial charge >= 0.3 is 0 Å². The van der Waals surface area contributed by atoms with Gasteiger partial charge < -0.3 is 5.11 Å². The fourth-order valence-corrected chi connectivity index (χ4v) is 1.60. The van der Waals surface area contributed by atoms with Gasteiger partial charge in [-0.15, -0.1) is 0 Å². The van der Waals surface area contributed by atoms with Crippen LogP contribution in [0.15, 0.2) is 18.6 Å². The monoisotopic (exact) mass is 184 g/mol. The summed E-state index contributed by atoms with van der Waals surface area (Å²) in [6, 6.07) is 1.91. The molecule has 0 aliphatic rings. The summed E-state index contributed by atoms with van der Waals surface area (Å²) in [6.07, 6.45) is 4.16. The molecule has 1 heterocycles. The van der Waals surface area contributed by atoms with E-state index in [1.807, 2.05) is 6.07 Å². The highest BCUT2D eigenvalue weighted by molar-refractivity contribution is 7.98. The Bertz CT molecular complexity index is 205. The van der Waals surface area contributed by atoms with Crippen molar-refractivity contribution in [3.05, 3.63) is 24.3 Å². The zero-order valence-corrected chi connectivity index (χ0v) is 7.63. The van der Waals surface area contributed by atoms with Crippen molar-refractivity contribution >= 4 is 11.8 Å². The Labute approximate surface area is 76.2 Å². The van der Waals surface area contributed by atoms with Crippen molar-refractivity contribution in [2.75, 3.05) is 12.4 Å². The highest BCUT2D eigenvalue weighted by Gasteiger charge is 1.92. The van der Waals surface area contributed by atoms with Crippen molar-refractivity contribution < 1.29 is 5.11 Å². The molecule has 12 heavy (non-hydrogen) atoms. The van der Waals surface area contributed by atoms with Crippen LogP contribution in [0, 0.1) is 0 Å². The van der Waals surface area contributed by atoms with Gasteiger partial charge in [0, 0.05) is 18.6 Å². The predicted octanol–water partition coefficient (Wildman–Crippen LogP) is 1.09. The van der Waals surface area contributed by atoms with Gasteiger partial charge in [0.1, 0.15) is 6.33 Å². The molecule has 1 rings (SSSR count). The third-order valence-corrected chi connectivity index (χ3v) is 2.42. The molecule has 1 N–H and O–H groups in total. The molecule has 0 saturated carbocycles. The summed E-state index contributed by atoms with van der Waals surface area (Å²) in [7, 11) is 0. The van der Waals surface area contributed by atoms with E-state index in [0.29, 0.717) is 0 Å². The van der Waals surface area contributed by atoms with E-state index in [0.717, 1.165) is 23.6 Å². The maximum atomic E-state index is 8.52. The molecule has 4 heteroatoms. The zero-order valence-electron chi connectivity index (χ0n) is 6.81. The van der Waals surface area contributed by atoms with Crippen LogP contribution in [0.2, 0.25) is 0 Å². The molecule has 1 aromatic rings. The largest absolute Gasteiger partial charge is 0.396 e. The number of aliphatic hydroxyl groups is 1. The summed E-state index contributed by atoms with van der Waals surface area (Å²) in [5.41, 5.74) is 1.05. The third-order valence-electron chi connectivity index (χ3n) is 1.34. The predicted molar refractivity (Wildman–Crippen MR) is 49.9 cm³/mol. The normalized spacial score (nSPS) is 10.1. The minimum atomic E-state index is 0.275. The molecule has 3 nitrogen and oxygen atoms in total. The first-order valence-electron chi connectivity index (χ1n) is 3.87. The summed E-state index contributed by atoms with van der Waals surface area (Å²) >= 11 is 1.78. The minimum Gasteiger partial charge on any atom is -0.396 e. The molecule has 66 valence electrons. The van der Waals surface area contributed by atoms with Gasteiger partial charge in [0.2, 0.25) is 0 Å². The van der Waals surface area contributed by atoms with E-state index >= 15 is 0 Å². The standard InChI is InChI=1S/C8H12N2OS/c11-4-1-5-12-6-8-2-3-9-7-10-8/h2-3,7,11H,1,4-6H2. The number of hydrogen-bond acceptors (Lipinski definition) is 4. The highest BCUT2D eigenvalue weighted by atomic mass is 32.2. The van der Waals surface area contributed by atoms with Crippen LogP contribution in [0.4, 0.5) is 0 Å². The lowest BCUT2D eigenvalue weighted by atomic mass is 10.5. The zero-order chi connectivity index (χ0) is 8.65. The van der Waals surface area contributed by atoms with Gasteiger partial charge in [-0.2, -0.15) is 11.8 Å². The molecule has 0 unspecified atom stereocenters. The topological polar surface area (TPSA) is 46.0 Å². The smallest absolute Gasteiger partial charge is 0.115 e. The van der Waals surface area contributed by atoms with Crippen molar-refractivity contribution in [1.82, 2.24) is 9.97 Å². The summed E-state index contributed by atoms with van der Waals surface area (Å²) in [4.78, 5) is 7.91. The van der Waals surface area contributed by atoms with E-state index in [1.54, 1.807) is 24.3 Å². The lowest BCUT2D eigenvalue weighted by Gasteiger charge is -1.98. The van der Waals surface area contributed by atoms with Gasteiger partial charge in [-0.25, -0.2) is 9.97 Å². The first kappa shape index (κ1) is 9.48. The number of thioether (sulfide) groups is 1. The highest BCUT2D eigenvalue weighted by Crippen LogP contribution is 2.09. The van der Waals surface area contributed by atoms with Crippen molar-refractivity contribution in [2.45, 2.75) is 12.2 Å². The number of aliphatic hydroxyl groups excluding tert-OH is 1. The fourth-order valence-electron chi connectivity index (χ4n) is 0.747. The Morgan fingerprint density at radius 2 is 2.42 bits per heavy atom. The second kappa shape index (κ2) is 5.97. The SMILES string of the molecule is OCCCSCc1ccncn1. The summed E-state index contributed by atoms with van der Waals surface area (Å²) in [6.45, 7) is 0.275. The Kier molecular flexibility index (Phi) is 4.71.